The van der Waals surface area contributed by atoms with Gasteiger partial charge < -0.3 is 15.5 Å². The van der Waals surface area contributed by atoms with Crippen LogP contribution in [-0.2, 0) is 5.41 Å². The molecule has 0 bridgehead atoms. The summed E-state index contributed by atoms with van der Waals surface area (Å²) in [6.07, 6.45) is 5.07. The summed E-state index contributed by atoms with van der Waals surface area (Å²) in [5, 5.41) is 6.26. The molecule has 0 saturated carbocycles. The number of nitrogens with zero attached hydrogens (tertiary/aromatic N) is 3. The summed E-state index contributed by atoms with van der Waals surface area (Å²) in [7, 11) is 0. The molecule has 4 rings (SSSR count). The molecule has 3 aromatic carbocycles. The van der Waals surface area contributed by atoms with Crippen LogP contribution < -0.4 is 10.6 Å². The molecule has 7 heteroatoms. The van der Waals surface area contributed by atoms with Gasteiger partial charge in [-0.3, -0.25) is 9.59 Å². The molecule has 1 heterocycles. The van der Waals surface area contributed by atoms with Crippen LogP contribution in [0, 0.1) is 6.92 Å². The monoisotopic (exact) mass is 559 g/mol. The number of carbonyl (C=O) groups excluding carboxylic acids is 2. The number of hydrogen-bond donors (Lipinski definition) is 2. The van der Waals surface area contributed by atoms with Gasteiger partial charge in [0.05, 0.1) is 5.69 Å². The van der Waals surface area contributed by atoms with Gasteiger partial charge >= 0.3 is 0 Å². The van der Waals surface area contributed by atoms with Crippen LogP contribution in [0.4, 0.5) is 17.3 Å². The normalized spacial score (nSPS) is 11.0. The van der Waals surface area contributed by atoms with Crippen LogP contribution in [0.3, 0.4) is 0 Å². The van der Waals surface area contributed by atoms with Gasteiger partial charge in [-0.1, -0.05) is 57.2 Å². The van der Waals surface area contributed by atoms with Crippen molar-refractivity contribution in [2.45, 2.75) is 33.1 Å². The van der Waals surface area contributed by atoms with Crippen molar-refractivity contribution in [3.05, 3.63) is 127 Å². The first-order chi connectivity index (χ1) is 20.1. The maximum atomic E-state index is 13.0. The standard InChI is InChI=1S/C35H37N5O2/c1-7-22-40(23-8-2)33(42)26-14-18-28(19-15-26)37-34-36-21-20-31(39-34)29-10-9-11-30(24(29)3)38-32(41)25-12-16-27(17-13-25)35(4,5)6/h7-21H,1-2,22-23H2,3-6H3,(H,38,41)(H,36,37,39). The average molecular weight is 560 g/mol. The molecule has 0 fully saturated rings. The highest BCUT2D eigenvalue weighted by Crippen LogP contribution is 2.29. The Hall–Kier alpha value is -5.04. The third kappa shape index (κ3) is 7.18. The number of rotatable bonds is 10. The quantitative estimate of drug-likeness (QED) is 0.196. The van der Waals surface area contributed by atoms with Crippen molar-refractivity contribution in [3.8, 4) is 11.3 Å². The van der Waals surface area contributed by atoms with E-state index < -0.39 is 0 Å². The SMILES string of the molecule is C=CCN(CC=C)C(=O)c1ccc(Nc2nccc(-c3cccc(NC(=O)c4ccc(C(C)(C)C)cc4)c3C)n2)cc1. The van der Waals surface area contributed by atoms with Crippen LogP contribution in [0.1, 0.15) is 52.6 Å². The molecule has 7 nitrogen and oxygen atoms in total. The van der Waals surface area contributed by atoms with E-state index in [1.807, 2.05) is 67.6 Å². The first-order valence-corrected chi connectivity index (χ1v) is 13.8. The third-order valence-corrected chi connectivity index (χ3v) is 6.90. The van der Waals surface area contributed by atoms with Gasteiger partial charge in [0.2, 0.25) is 5.95 Å². The maximum absolute atomic E-state index is 13.0. The van der Waals surface area contributed by atoms with E-state index >= 15 is 0 Å². The second-order valence-electron chi connectivity index (χ2n) is 11.0. The summed E-state index contributed by atoms with van der Waals surface area (Å²) in [4.78, 5) is 36.6. The van der Waals surface area contributed by atoms with Crippen molar-refractivity contribution in [1.29, 1.82) is 0 Å². The molecule has 214 valence electrons. The van der Waals surface area contributed by atoms with Crippen LogP contribution in [0.5, 0.6) is 0 Å². The number of hydrogen-bond acceptors (Lipinski definition) is 5. The zero-order valence-corrected chi connectivity index (χ0v) is 24.6. The molecule has 0 aliphatic rings. The fourth-order valence-corrected chi connectivity index (χ4v) is 4.49. The van der Waals surface area contributed by atoms with E-state index in [9.17, 15) is 9.59 Å². The molecule has 1 aromatic heterocycles. The Balaban J connectivity index is 1.49. The summed E-state index contributed by atoms with van der Waals surface area (Å²) in [5.74, 6) is 0.156. The summed E-state index contributed by atoms with van der Waals surface area (Å²) in [6, 6.07) is 22.5. The van der Waals surface area contributed by atoms with E-state index in [4.69, 9.17) is 4.98 Å². The topological polar surface area (TPSA) is 87.2 Å². The second kappa shape index (κ2) is 13.1. The largest absolute Gasteiger partial charge is 0.331 e. The Labute approximate surface area is 248 Å². The number of nitrogens with one attached hydrogen (secondary N) is 2. The molecule has 0 aliphatic carbocycles. The molecule has 2 N–H and O–H groups in total. The lowest BCUT2D eigenvalue weighted by Crippen LogP contribution is -2.31. The van der Waals surface area contributed by atoms with Gasteiger partial charge in [-0.2, -0.15) is 0 Å². The Morgan fingerprint density at radius 1 is 0.881 bits per heavy atom. The Kier molecular flexibility index (Phi) is 9.32. The Morgan fingerprint density at radius 3 is 2.14 bits per heavy atom. The lowest BCUT2D eigenvalue weighted by molar-refractivity contribution is 0.0790. The molecule has 0 unspecified atom stereocenters. The fraction of sp³-hybridized carbons (Fsp3) is 0.200. The zero-order valence-electron chi connectivity index (χ0n) is 24.6. The third-order valence-electron chi connectivity index (χ3n) is 6.90. The molecule has 4 aromatic rings. The lowest BCUT2D eigenvalue weighted by Gasteiger charge is -2.19. The van der Waals surface area contributed by atoms with E-state index in [1.54, 1.807) is 35.4 Å². The number of amides is 2. The summed E-state index contributed by atoms with van der Waals surface area (Å²) in [6.45, 7) is 16.7. The second-order valence-corrected chi connectivity index (χ2v) is 11.0. The molecular formula is C35H37N5O2. The molecule has 0 radical (unpaired) electrons. The van der Waals surface area contributed by atoms with Crippen molar-refractivity contribution in [2.75, 3.05) is 23.7 Å². The first-order valence-electron chi connectivity index (χ1n) is 13.8. The van der Waals surface area contributed by atoms with Crippen molar-refractivity contribution in [3.63, 3.8) is 0 Å². The van der Waals surface area contributed by atoms with Crippen molar-refractivity contribution in [2.24, 2.45) is 0 Å². The molecule has 0 aliphatic heterocycles. The number of aromatic nitrogens is 2. The molecule has 0 spiro atoms. The minimum absolute atomic E-state index is 0.0201. The highest BCUT2D eigenvalue weighted by atomic mass is 16.2. The number of benzene rings is 3. The summed E-state index contributed by atoms with van der Waals surface area (Å²) >= 11 is 0. The van der Waals surface area contributed by atoms with Gasteiger partial charge in [0.15, 0.2) is 0 Å². The van der Waals surface area contributed by atoms with Crippen molar-refractivity contribution in [1.82, 2.24) is 14.9 Å². The molecule has 0 atom stereocenters. The van der Waals surface area contributed by atoms with Gasteiger partial charge in [0.1, 0.15) is 0 Å². The van der Waals surface area contributed by atoms with E-state index in [-0.39, 0.29) is 17.2 Å². The predicted octanol–water partition coefficient (Wildman–Crippen LogP) is 7.56. The van der Waals surface area contributed by atoms with Crippen molar-refractivity contribution < 1.29 is 9.59 Å². The molecule has 42 heavy (non-hydrogen) atoms. The highest BCUT2D eigenvalue weighted by Gasteiger charge is 2.16. The van der Waals surface area contributed by atoms with E-state index in [1.165, 1.54) is 5.56 Å². The smallest absolute Gasteiger partial charge is 0.255 e. The Bertz CT molecular complexity index is 1580. The lowest BCUT2D eigenvalue weighted by atomic mass is 9.86. The molecular weight excluding hydrogens is 522 g/mol. The van der Waals surface area contributed by atoms with Crippen LogP contribution in [-0.4, -0.2) is 39.8 Å². The number of anilines is 3. The van der Waals surface area contributed by atoms with Crippen molar-refractivity contribution >= 4 is 29.1 Å². The fourth-order valence-electron chi connectivity index (χ4n) is 4.49. The van der Waals surface area contributed by atoms with Crippen LogP contribution in [0.2, 0.25) is 0 Å². The maximum Gasteiger partial charge on any atom is 0.255 e. The van der Waals surface area contributed by atoms with Crippen LogP contribution in [0.25, 0.3) is 11.3 Å². The molecule has 0 saturated heterocycles. The van der Waals surface area contributed by atoms with E-state index in [0.29, 0.717) is 41.5 Å². The van der Waals surface area contributed by atoms with E-state index in [0.717, 1.165) is 16.8 Å². The Morgan fingerprint density at radius 2 is 1.52 bits per heavy atom. The average Bonchev–Trinajstić information content (AvgIpc) is 2.98. The summed E-state index contributed by atoms with van der Waals surface area (Å²) in [5.41, 5.74) is 6.32. The number of carbonyl (C=O) groups is 2. The van der Waals surface area contributed by atoms with Gasteiger partial charge in [-0.15, -0.1) is 13.2 Å². The van der Waals surface area contributed by atoms with Crippen LogP contribution >= 0.6 is 0 Å². The summed E-state index contributed by atoms with van der Waals surface area (Å²) < 4.78 is 0. The van der Waals surface area contributed by atoms with Crippen LogP contribution in [0.15, 0.2) is 104 Å². The van der Waals surface area contributed by atoms with Gasteiger partial charge in [-0.05, 0) is 72.0 Å². The predicted molar refractivity (Wildman–Crippen MR) is 171 cm³/mol. The zero-order chi connectivity index (χ0) is 30.3. The molecule has 2 amide bonds. The van der Waals surface area contributed by atoms with E-state index in [2.05, 4.69) is 49.5 Å². The minimum Gasteiger partial charge on any atom is -0.331 e. The van der Waals surface area contributed by atoms with Gasteiger partial charge in [0, 0.05) is 47.4 Å². The minimum atomic E-state index is -0.167. The highest BCUT2D eigenvalue weighted by molar-refractivity contribution is 6.05. The van der Waals surface area contributed by atoms with Gasteiger partial charge in [-0.25, -0.2) is 9.97 Å². The first kappa shape index (κ1) is 29.9. The van der Waals surface area contributed by atoms with Gasteiger partial charge in [0.25, 0.3) is 11.8 Å².